The number of para-hydroxylation sites is 1. The van der Waals surface area contributed by atoms with Crippen molar-refractivity contribution in [3.8, 4) is 23.0 Å². The molecule has 0 saturated heterocycles. The first kappa shape index (κ1) is 20.2. The van der Waals surface area contributed by atoms with Gasteiger partial charge in [0.2, 0.25) is 6.23 Å². The minimum atomic E-state index is -0.372. The molecule has 0 spiro atoms. The van der Waals surface area contributed by atoms with Crippen LogP contribution < -0.4 is 18.9 Å². The van der Waals surface area contributed by atoms with E-state index in [1.165, 1.54) is 0 Å². The predicted molar refractivity (Wildman–Crippen MR) is 123 cm³/mol. The zero-order valence-electron chi connectivity index (χ0n) is 18.4. The van der Waals surface area contributed by atoms with E-state index < -0.39 is 0 Å². The molecule has 3 aromatic carbocycles. The average Bonchev–Trinajstić information content (AvgIpc) is 3.30. The summed E-state index contributed by atoms with van der Waals surface area (Å²) in [6, 6.07) is 22.1. The van der Waals surface area contributed by atoms with Crippen LogP contribution in [0.25, 0.3) is 0 Å². The van der Waals surface area contributed by atoms with Gasteiger partial charge in [0.1, 0.15) is 11.5 Å². The Morgan fingerprint density at radius 2 is 1.75 bits per heavy atom. The molecule has 6 nitrogen and oxygen atoms in total. The number of rotatable bonds is 6. The first-order valence-electron chi connectivity index (χ1n) is 10.8. The lowest BCUT2D eigenvalue weighted by Gasteiger charge is -2.38. The fourth-order valence-corrected chi connectivity index (χ4v) is 4.32. The Morgan fingerprint density at radius 3 is 2.50 bits per heavy atom. The third-order valence-electron chi connectivity index (χ3n) is 5.88. The summed E-state index contributed by atoms with van der Waals surface area (Å²) in [5.74, 6) is 3.17. The van der Waals surface area contributed by atoms with Gasteiger partial charge >= 0.3 is 0 Å². The normalized spacial score (nSPS) is 18.8. The molecule has 0 N–H and O–H groups in total. The minimum Gasteiger partial charge on any atom is -0.497 e. The van der Waals surface area contributed by atoms with Gasteiger partial charge in [-0.05, 0) is 49.4 Å². The largest absolute Gasteiger partial charge is 0.497 e. The Morgan fingerprint density at radius 1 is 0.969 bits per heavy atom. The third-order valence-corrected chi connectivity index (χ3v) is 5.88. The molecule has 0 unspecified atom stereocenters. The van der Waals surface area contributed by atoms with Gasteiger partial charge in [-0.2, -0.15) is 5.10 Å². The van der Waals surface area contributed by atoms with Crippen LogP contribution in [0.3, 0.4) is 0 Å². The van der Waals surface area contributed by atoms with Gasteiger partial charge in [-0.15, -0.1) is 0 Å². The molecule has 5 rings (SSSR count). The van der Waals surface area contributed by atoms with Crippen LogP contribution in [0.2, 0.25) is 0 Å². The second-order valence-electron chi connectivity index (χ2n) is 7.73. The molecule has 164 valence electrons. The molecule has 2 heterocycles. The highest BCUT2D eigenvalue weighted by molar-refractivity contribution is 6.02. The fraction of sp³-hybridized carbons (Fsp3) is 0.269. The molecule has 0 aliphatic carbocycles. The quantitative estimate of drug-likeness (QED) is 0.528. The van der Waals surface area contributed by atoms with Crippen molar-refractivity contribution >= 4 is 5.71 Å². The summed E-state index contributed by atoms with van der Waals surface area (Å²) in [5, 5.41) is 7.09. The summed E-state index contributed by atoms with van der Waals surface area (Å²) in [5.41, 5.74) is 4.14. The lowest BCUT2D eigenvalue weighted by molar-refractivity contribution is -0.0212. The maximum atomic E-state index is 6.55. The summed E-state index contributed by atoms with van der Waals surface area (Å²) < 4.78 is 23.2. The third kappa shape index (κ3) is 3.51. The standard InChI is InChI=1S/C26H26N2O4/c1-4-31-24-10-6-9-21-23-16-22(18-7-5-8-20(15-18)30-3)27-28(23)26(32-25(21)24)17-11-13-19(29-2)14-12-17/h5-15,23,26H,4,16H2,1-3H3/t23-,26-/m1/s1. The Kier molecular flexibility index (Phi) is 5.35. The van der Waals surface area contributed by atoms with Crippen molar-refractivity contribution in [2.75, 3.05) is 20.8 Å². The number of fused-ring (bicyclic) bond motifs is 3. The maximum Gasteiger partial charge on any atom is 0.214 e. The smallest absolute Gasteiger partial charge is 0.214 e. The van der Waals surface area contributed by atoms with Crippen molar-refractivity contribution in [1.82, 2.24) is 5.01 Å². The summed E-state index contributed by atoms with van der Waals surface area (Å²) >= 11 is 0. The lowest BCUT2D eigenvalue weighted by atomic mass is 9.95. The van der Waals surface area contributed by atoms with Crippen LogP contribution >= 0.6 is 0 Å². The maximum absolute atomic E-state index is 6.55. The monoisotopic (exact) mass is 430 g/mol. The number of hydrazone groups is 1. The van der Waals surface area contributed by atoms with E-state index in [1.807, 2.05) is 61.5 Å². The molecular weight excluding hydrogens is 404 g/mol. The molecule has 2 aliphatic heterocycles. The second kappa shape index (κ2) is 8.46. The van der Waals surface area contributed by atoms with Gasteiger partial charge in [0.25, 0.3) is 0 Å². The van der Waals surface area contributed by atoms with Gasteiger partial charge in [0.15, 0.2) is 11.5 Å². The highest BCUT2D eigenvalue weighted by atomic mass is 16.5. The molecular formula is C26H26N2O4. The molecule has 0 bridgehead atoms. The van der Waals surface area contributed by atoms with Crippen LogP contribution in [0.5, 0.6) is 23.0 Å². The van der Waals surface area contributed by atoms with Crippen molar-refractivity contribution in [2.45, 2.75) is 25.6 Å². The molecule has 0 amide bonds. The van der Waals surface area contributed by atoms with Gasteiger partial charge in [-0.25, -0.2) is 5.01 Å². The molecule has 6 heteroatoms. The SMILES string of the molecule is CCOc1cccc2c1O[C@H](c1ccc(OC)cc1)N1N=C(c3cccc(OC)c3)C[C@H]21. The van der Waals surface area contributed by atoms with Crippen LogP contribution in [0, 0.1) is 0 Å². The number of nitrogens with zero attached hydrogens (tertiary/aromatic N) is 2. The molecule has 2 atom stereocenters. The molecule has 32 heavy (non-hydrogen) atoms. The van der Waals surface area contributed by atoms with E-state index >= 15 is 0 Å². The van der Waals surface area contributed by atoms with E-state index in [1.54, 1.807) is 14.2 Å². The Labute approximate surface area is 188 Å². The molecule has 3 aromatic rings. The van der Waals surface area contributed by atoms with Crippen LogP contribution in [0.1, 0.15) is 42.3 Å². The Hall–Kier alpha value is -3.67. The molecule has 0 saturated carbocycles. The van der Waals surface area contributed by atoms with E-state index in [0.717, 1.165) is 51.8 Å². The molecule has 0 aromatic heterocycles. The molecule has 2 aliphatic rings. The van der Waals surface area contributed by atoms with Gasteiger partial charge in [0, 0.05) is 23.1 Å². The van der Waals surface area contributed by atoms with Crippen LogP contribution in [-0.2, 0) is 0 Å². The zero-order chi connectivity index (χ0) is 22.1. The van der Waals surface area contributed by atoms with Crippen LogP contribution in [0.15, 0.2) is 71.8 Å². The van der Waals surface area contributed by atoms with Crippen LogP contribution in [-0.4, -0.2) is 31.5 Å². The number of hydrogen-bond acceptors (Lipinski definition) is 6. The second-order valence-corrected chi connectivity index (χ2v) is 7.73. The van der Waals surface area contributed by atoms with Crippen molar-refractivity contribution in [2.24, 2.45) is 5.10 Å². The zero-order valence-corrected chi connectivity index (χ0v) is 18.4. The van der Waals surface area contributed by atoms with Gasteiger partial charge in [-0.3, -0.25) is 0 Å². The molecule has 0 radical (unpaired) electrons. The highest BCUT2D eigenvalue weighted by Gasteiger charge is 2.42. The summed E-state index contributed by atoms with van der Waals surface area (Å²) in [7, 11) is 3.34. The van der Waals surface area contributed by atoms with E-state index in [4.69, 9.17) is 24.0 Å². The van der Waals surface area contributed by atoms with Crippen molar-refractivity contribution < 1.29 is 18.9 Å². The first-order valence-corrected chi connectivity index (χ1v) is 10.8. The van der Waals surface area contributed by atoms with E-state index in [2.05, 4.69) is 17.1 Å². The highest BCUT2D eigenvalue weighted by Crippen LogP contribution is 2.50. The Balaban J connectivity index is 1.59. The van der Waals surface area contributed by atoms with Gasteiger partial charge in [0.05, 0.1) is 32.6 Å². The van der Waals surface area contributed by atoms with E-state index in [9.17, 15) is 0 Å². The van der Waals surface area contributed by atoms with E-state index in [0.29, 0.717) is 6.61 Å². The number of ether oxygens (including phenoxy) is 4. The minimum absolute atomic E-state index is 0.0486. The summed E-state index contributed by atoms with van der Waals surface area (Å²) in [6.45, 7) is 2.56. The number of methoxy groups -OCH3 is 2. The lowest BCUT2D eigenvalue weighted by Crippen LogP contribution is -2.33. The van der Waals surface area contributed by atoms with Crippen molar-refractivity contribution in [3.63, 3.8) is 0 Å². The van der Waals surface area contributed by atoms with Gasteiger partial charge < -0.3 is 18.9 Å². The Bertz CT molecular complexity index is 1140. The topological polar surface area (TPSA) is 52.5 Å². The first-order chi connectivity index (χ1) is 15.7. The summed E-state index contributed by atoms with van der Waals surface area (Å²) in [6.07, 6.45) is 0.397. The predicted octanol–water partition coefficient (Wildman–Crippen LogP) is 5.34. The van der Waals surface area contributed by atoms with Crippen molar-refractivity contribution in [1.29, 1.82) is 0 Å². The van der Waals surface area contributed by atoms with Gasteiger partial charge in [-0.1, -0.05) is 24.3 Å². The number of benzene rings is 3. The molecule has 0 fully saturated rings. The fourth-order valence-electron chi connectivity index (χ4n) is 4.32. The average molecular weight is 431 g/mol. The number of hydrogen-bond donors (Lipinski definition) is 0. The summed E-state index contributed by atoms with van der Waals surface area (Å²) in [4.78, 5) is 0. The van der Waals surface area contributed by atoms with E-state index in [-0.39, 0.29) is 12.3 Å². The van der Waals surface area contributed by atoms with Crippen LogP contribution in [0.4, 0.5) is 0 Å². The van der Waals surface area contributed by atoms with Crippen molar-refractivity contribution in [3.05, 3.63) is 83.4 Å².